The molecule has 1 saturated heterocycles. The second-order valence-corrected chi connectivity index (χ2v) is 5.94. The van der Waals surface area contributed by atoms with Crippen molar-refractivity contribution in [1.29, 1.82) is 0 Å². The fourth-order valence-electron chi connectivity index (χ4n) is 2.40. The zero-order valence-corrected chi connectivity index (χ0v) is 13.3. The molecule has 1 aromatic carbocycles. The third-order valence-corrected chi connectivity index (χ3v) is 3.96. The molecule has 0 bridgehead atoms. The van der Waals surface area contributed by atoms with Crippen LogP contribution in [0.15, 0.2) is 29.0 Å². The number of hydrogen-bond acceptors (Lipinski definition) is 5. The maximum absolute atomic E-state index is 5.63. The summed E-state index contributed by atoms with van der Waals surface area (Å²) in [7, 11) is 0. The average Bonchev–Trinajstić information content (AvgIpc) is 3.00. The molecule has 0 spiro atoms. The van der Waals surface area contributed by atoms with Gasteiger partial charge in [-0.2, -0.15) is 0 Å². The Hall–Kier alpha value is -1.24. The zero-order valence-electron chi connectivity index (χ0n) is 11.7. The Morgan fingerprint density at radius 2 is 2.33 bits per heavy atom. The van der Waals surface area contributed by atoms with Gasteiger partial charge in [-0.3, -0.25) is 0 Å². The maximum atomic E-state index is 5.63. The molecule has 1 aliphatic rings. The largest absolute Gasteiger partial charge is 0.377 e. The molecule has 1 aliphatic heterocycles. The summed E-state index contributed by atoms with van der Waals surface area (Å²) in [6.45, 7) is 2.90. The van der Waals surface area contributed by atoms with Crippen LogP contribution in [0, 0.1) is 0 Å². The van der Waals surface area contributed by atoms with Crippen molar-refractivity contribution in [2.45, 2.75) is 18.9 Å². The van der Waals surface area contributed by atoms with E-state index in [2.05, 4.69) is 31.2 Å². The fraction of sp³-hybridized carbons (Fsp3) is 0.467. The van der Waals surface area contributed by atoms with Gasteiger partial charge in [-0.05, 0) is 31.0 Å². The summed E-state index contributed by atoms with van der Waals surface area (Å²) >= 11 is 3.48. The highest BCUT2D eigenvalue weighted by Crippen LogP contribution is 2.23. The summed E-state index contributed by atoms with van der Waals surface area (Å²) in [5, 5.41) is 4.31. The van der Waals surface area contributed by atoms with E-state index in [-0.39, 0.29) is 6.10 Å². The second kappa shape index (κ2) is 7.15. The summed E-state index contributed by atoms with van der Waals surface area (Å²) in [6, 6.07) is 5.97. The van der Waals surface area contributed by atoms with Gasteiger partial charge >= 0.3 is 0 Å². The molecule has 0 amide bonds. The van der Waals surface area contributed by atoms with Gasteiger partial charge in [0.1, 0.15) is 12.1 Å². The number of nitrogens with zero attached hydrogens (tertiary/aromatic N) is 2. The van der Waals surface area contributed by atoms with Gasteiger partial charge in [0.2, 0.25) is 0 Å². The van der Waals surface area contributed by atoms with Gasteiger partial charge in [0, 0.05) is 23.0 Å². The average molecular weight is 352 g/mol. The third kappa shape index (κ3) is 3.90. The van der Waals surface area contributed by atoms with Gasteiger partial charge in [0.05, 0.1) is 24.8 Å². The molecule has 5 nitrogen and oxygen atoms in total. The molecule has 1 atom stereocenters. The molecule has 112 valence electrons. The van der Waals surface area contributed by atoms with E-state index in [0.717, 1.165) is 40.6 Å². The number of nitrogens with one attached hydrogen (secondary N) is 1. The van der Waals surface area contributed by atoms with Crippen LogP contribution in [0.25, 0.3) is 10.9 Å². The number of aromatic nitrogens is 2. The van der Waals surface area contributed by atoms with Crippen LogP contribution < -0.4 is 5.32 Å². The molecular formula is C15H18BrN3O2. The summed E-state index contributed by atoms with van der Waals surface area (Å²) in [4.78, 5) is 8.56. The standard InChI is InChI=1S/C15H18BrN3O2/c16-11-3-4-14-13(8-11)15(19-10-18-14)17-5-7-20-9-12-2-1-6-21-12/h3-4,8,10,12H,1-2,5-7,9H2,(H,17,18,19). The van der Waals surface area contributed by atoms with E-state index in [9.17, 15) is 0 Å². The van der Waals surface area contributed by atoms with Gasteiger partial charge < -0.3 is 14.8 Å². The van der Waals surface area contributed by atoms with Crippen molar-refractivity contribution in [2.75, 3.05) is 31.7 Å². The number of rotatable bonds is 6. The minimum atomic E-state index is 0.279. The molecule has 3 rings (SSSR count). The van der Waals surface area contributed by atoms with Gasteiger partial charge in [-0.15, -0.1) is 0 Å². The van der Waals surface area contributed by atoms with Crippen molar-refractivity contribution in [3.63, 3.8) is 0 Å². The predicted octanol–water partition coefficient (Wildman–Crippen LogP) is 3.00. The van der Waals surface area contributed by atoms with E-state index in [1.54, 1.807) is 6.33 Å². The highest BCUT2D eigenvalue weighted by molar-refractivity contribution is 9.10. The van der Waals surface area contributed by atoms with Crippen molar-refractivity contribution < 1.29 is 9.47 Å². The first-order chi connectivity index (χ1) is 10.3. The normalized spacial score (nSPS) is 18.2. The molecule has 0 radical (unpaired) electrons. The van der Waals surface area contributed by atoms with Crippen molar-refractivity contribution in [2.24, 2.45) is 0 Å². The molecule has 6 heteroatoms. The van der Waals surface area contributed by atoms with Crippen LogP contribution >= 0.6 is 15.9 Å². The van der Waals surface area contributed by atoms with Gasteiger partial charge in [-0.25, -0.2) is 9.97 Å². The number of hydrogen-bond donors (Lipinski definition) is 1. The second-order valence-electron chi connectivity index (χ2n) is 5.02. The quantitative estimate of drug-likeness (QED) is 0.810. The number of anilines is 1. The highest BCUT2D eigenvalue weighted by atomic mass is 79.9. The van der Waals surface area contributed by atoms with E-state index in [1.165, 1.54) is 0 Å². The van der Waals surface area contributed by atoms with Crippen LogP contribution in [0.2, 0.25) is 0 Å². The lowest BCUT2D eigenvalue weighted by molar-refractivity contribution is 0.0206. The van der Waals surface area contributed by atoms with Gasteiger partial charge in [0.25, 0.3) is 0 Å². The Kier molecular flexibility index (Phi) is 5.00. The number of fused-ring (bicyclic) bond motifs is 1. The fourth-order valence-corrected chi connectivity index (χ4v) is 2.76. The molecule has 2 aromatic rings. The topological polar surface area (TPSA) is 56.3 Å². The molecule has 2 heterocycles. The molecular weight excluding hydrogens is 334 g/mol. The summed E-state index contributed by atoms with van der Waals surface area (Å²) in [5.41, 5.74) is 0.927. The van der Waals surface area contributed by atoms with Crippen LogP contribution in [-0.4, -0.2) is 42.4 Å². The molecule has 1 N–H and O–H groups in total. The van der Waals surface area contributed by atoms with E-state index < -0.39 is 0 Å². The van der Waals surface area contributed by atoms with Gasteiger partial charge in [-0.1, -0.05) is 15.9 Å². The molecule has 21 heavy (non-hydrogen) atoms. The highest BCUT2D eigenvalue weighted by Gasteiger charge is 2.14. The minimum Gasteiger partial charge on any atom is -0.377 e. The lowest BCUT2D eigenvalue weighted by Crippen LogP contribution is -2.18. The van der Waals surface area contributed by atoms with Crippen molar-refractivity contribution in [3.8, 4) is 0 Å². The Labute approximate surface area is 132 Å². The van der Waals surface area contributed by atoms with Crippen LogP contribution in [0.1, 0.15) is 12.8 Å². The number of benzene rings is 1. The van der Waals surface area contributed by atoms with E-state index >= 15 is 0 Å². The Morgan fingerprint density at radius 3 is 3.19 bits per heavy atom. The van der Waals surface area contributed by atoms with Crippen molar-refractivity contribution in [3.05, 3.63) is 29.0 Å². The molecule has 1 fully saturated rings. The van der Waals surface area contributed by atoms with Crippen LogP contribution in [0.5, 0.6) is 0 Å². The van der Waals surface area contributed by atoms with Gasteiger partial charge in [0.15, 0.2) is 0 Å². The monoisotopic (exact) mass is 351 g/mol. The Bertz CT molecular complexity index is 602. The van der Waals surface area contributed by atoms with Crippen LogP contribution in [-0.2, 0) is 9.47 Å². The number of ether oxygens (including phenoxy) is 2. The summed E-state index contributed by atoms with van der Waals surface area (Å²) < 4.78 is 12.2. The zero-order chi connectivity index (χ0) is 14.5. The summed E-state index contributed by atoms with van der Waals surface area (Å²) in [5.74, 6) is 0.835. The molecule has 1 unspecified atom stereocenters. The third-order valence-electron chi connectivity index (χ3n) is 3.46. The lowest BCUT2D eigenvalue weighted by Gasteiger charge is -2.11. The lowest BCUT2D eigenvalue weighted by atomic mass is 10.2. The SMILES string of the molecule is Brc1ccc2ncnc(NCCOCC3CCCO3)c2c1. The van der Waals surface area contributed by atoms with E-state index in [0.29, 0.717) is 19.8 Å². The first-order valence-electron chi connectivity index (χ1n) is 7.16. The molecule has 0 saturated carbocycles. The van der Waals surface area contributed by atoms with Crippen molar-refractivity contribution in [1.82, 2.24) is 9.97 Å². The number of halogens is 1. The van der Waals surface area contributed by atoms with Crippen LogP contribution in [0.3, 0.4) is 0 Å². The smallest absolute Gasteiger partial charge is 0.137 e. The minimum absolute atomic E-state index is 0.279. The van der Waals surface area contributed by atoms with Crippen LogP contribution in [0.4, 0.5) is 5.82 Å². The Balaban J connectivity index is 1.51. The van der Waals surface area contributed by atoms with E-state index in [4.69, 9.17) is 9.47 Å². The van der Waals surface area contributed by atoms with E-state index in [1.807, 2.05) is 18.2 Å². The maximum Gasteiger partial charge on any atom is 0.137 e. The Morgan fingerprint density at radius 1 is 1.38 bits per heavy atom. The first kappa shape index (κ1) is 14.7. The predicted molar refractivity (Wildman–Crippen MR) is 85.5 cm³/mol. The molecule has 0 aliphatic carbocycles. The van der Waals surface area contributed by atoms with Crippen molar-refractivity contribution >= 4 is 32.7 Å². The molecule has 1 aromatic heterocycles. The summed E-state index contributed by atoms with van der Waals surface area (Å²) in [6.07, 6.45) is 4.11. The first-order valence-corrected chi connectivity index (χ1v) is 7.96.